The number of carbonyl (C=O) groups is 2. The average Bonchev–Trinajstić information content (AvgIpc) is 2.97. The van der Waals surface area contributed by atoms with Gasteiger partial charge in [-0.05, 0) is 38.8 Å². The van der Waals surface area contributed by atoms with Gasteiger partial charge in [-0.2, -0.15) is 0 Å². The van der Waals surface area contributed by atoms with Crippen LogP contribution in [0.4, 0.5) is 0 Å². The van der Waals surface area contributed by atoms with E-state index >= 15 is 0 Å². The van der Waals surface area contributed by atoms with Crippen LogP contribution in [0.15, 0.2) is 48.7 Å². The minimum absolute atomic E-state index is 0.00894. The van der Waals surface area contributed by atoms with E-state index in [1.165, 1.54) is 6.92 Å². The fraction of sp³-hybridized carbons (Fsp3) is 0.375. The number of pyridine rings is 1. The Morgan fingerprint density at radius 3 is 2.43 bits per heavy atom. The molecule has 28 heavy (non-hydrogen) atoms. The molecule has 0 radical (unpaired) electrons. The summed E-state index contributed by atoms with van der Waals surface area (Å²) in [6, 6.07) is 12.8. The molecule has 4 nitrogen and oxygen atoms in total. The van der Waals surface area contributed by atoms with Crippen molar-refractivity contribution in [3.05, 3.63) is 65.5 Å². The molecule has 0 fully saturated rings. The fourth-order valence-corrected chi connectivity index (χ4v) is 3.55. The number of rotatable bonds is 8. The first kappa shape index (κ1) is 20.0. The Morgan fingerprint density at radius 2 is 1.82 bits per heavy atom. The van der Waals surface area contributed by atoms with Crippen LogP contribution < -0.4 is 0 Å². The number of aromatic nitrogens is 1. The van der Waals surface area contributed by atoms with E-state index in [0.717, 1.165) is 31.2 Å². The number of nitrogens with zero attached hydrogens (tertiary/aromatic N) is 1. The highest BCUT2D eigenvalue weighted by molar-refractivity contribution is 6.32. The van der Waals surface area contributed by atoms with Gasteiger partial charge in [-0.15, -0.1) is 0 Å². The van der Waals surface area contributed by atoms with Gasteiger partial charge < -0.3 is 4.74 Å². The van der Waals surface area contributed by atoms with Crippen LogP contribution in [0.2, 0.25) is 0 Å². The minimum atomic E-state index is -0.880. The summed E-state index contributed by atoms with van der Waals surface area (Å²) in [6.45, 7) is 5.58. The monoisotopic (exact) mass is 377 g/mol. The predicted octanol–water partition coefficient (Wildman–Crippen LogP) is 5.48. The quantitative estimate of drug-likeness (QED) is 0.451. The van der Waals surface area contributed by atoms with Crippen LogP contribution in [0.3, 0.4) is 0 Å². The summed E-state index contributed by atoms with van der Waals surface area (Å²) in [5, 5.41) is 0. The predicted molar refractivity (Wildman–Crippen MR) is 111 cm³/mol. The molecule has 1 aromatic carbocycles. The molecular formula is C24H27NO3. The molecule has 3 rings (SSSR count). The highest BCUT2D eigenvalue weighted by atomic mass is 16.5. The highest BCUT2D eigenvalue weighted by Crippen LogP contribution is 2.43. The molecule has 0 amide bonds. The van der Waals surface area contributed by atoms with Crippen LogP contribution in [0.5, 0.6) is 0 Å². The van der Waals surface area contributed by atoms with Gasteiger partial charge in [-0.1, -0.05) is 56.5 Å². The minimum Gasteiger partial charge on any atom is -0.478 e. The number of unbranched alkanes of at least 4 members (excludes halogenated alkanes) is 3. The van der Waals surface area contributed by atoms with Crippen molar-refractivity contribution in [2.75, 3.05) is 0 Å². The van der Waals surface area contributed by atoms with Crippen LogP contribution >= 0.6 is 0 Å². The lowest BCUT2D eigenvalue weighted by molar-refractivity contribution is -0.127. The third kappa shape index (κ3) is 4.06. The Hall–Kier alpha value is -2.75. The van der Waals surface area contributed by atoms with Gasteiger partial charge in [0.15, 0.2) is 11.4 Å². The Balaban J connectivity index is 1.98. The van der Waals surface area contributed by atoms with Crippen LogP contribution in [0, 0.1) is 0 Å². The molecule has 0 saturated heterocycles. The molecule has 0 N–H and O–H groups in total. The molecule has 0 bridgehead atoms. The summed E-state index contributed by atoms with van der Waals surface area (Å²) in [4.78, 5) is 29.4. The van der Waals surface area contributed by atoms with Crippen molar-refractivity contribution >= 4 is 22.9 Å². The topological polar surface area (TPSA) is 56.3 Å². The third-order valence-electron chi connectivity index (χ3n) is 5.24. The van der Waals surface area contributed by atoms with E-state index in [1.54, 1.807) is 18.3 Å². The van der Waals surface area contributed by atoms with E-state index < -0.39 is 5.60 Å². The van der Waals surface area contributed by atoms with Gasteiger partial charge >= 0.3 is 0 Å². The third-order valence-corrected chi connectivity index (χ3v) is 5.24. The van der Waals surface area contributed by atoms with Crippen LogP contribution in [-0.4, -0.2) is 22.2 Å². The molecule has 1 aliphatic heterocycles. The molecule has 1 aromatic heterocycles. The normalized spacial score (nSPS) is 19.0. The van der Waals surface area contributed by atoms with Crippen LogP contribution in [0.25, 0.3) is 11.3 Å². The first-order chi connectivity index (χ1) is 13.5. The number of hydrogen-bond donors (Lipinski definition) is 0. The molecule has 1 aliphatic rings. The van der Waals surface area contributed by atoms with Crippen molar-refractivity contribution in [2.24, 2.45) is 0 Å². The zero-order valence-electron chi connectivity index (χ0n) is 16.8. The number of carbonyl (C=O) groups excluding carboxylic acids is 2. The number of ether oxygens (including phenoxy) is 1. The maximum absolute atomic E-state index is 13.4. The molecule has 2 heterocycles. The maximum Gasteiger partial charge on any atom is 0.212 e. The lowest BCUT2D eigenvalue weighted by Crippen LogP contribution is -2.33. The van der Waals surface area contributed by atoms with Crippen molar-refractivity contribution in [1.82, 2.24) is 4.98 Å². The summed E-state index contributed by atoms with van der Waals surface area (Å²) in [5.41, 5.74) is 1.69. The smallest absolute Gasteiger partial charge is 0.212 e. The number of hydrogen-bond acceptors (Lipinski definition) is 4. The van der Waals surface area contributed by atoms with Crippen LogP contribution in [-0.2, 0) is 9.53 Å². The van der Waals surface area contributed by atoms with Gasteiger partial charge in [-0.25, -0.2) is 0 Å². The van der Waals surface area contributed by atoms with E-state index in [-0.39, 0.29) is 11.6 Å². The first-order valence-corrected chi connectivity index (χ1v) is 9.97. The summed E-state index contributed by atoms with van der Waals surface area (Å²) in [5.74, 6) is 0.541. The number of Topliss-reactive ketones (excluding diaryl/α,β-unsaturated/α-hetero) is 2. The average molecular weight is 377 g/mol. The Kier molecular flexibility index (Phi) is 6.08. The lowest BCUT2D eigenvalue weighted by Gasteiger charge is -2.24. The highest BCUT2D eigenvalue weighted by Gasteiger charge is 2.46. The first-order valence-electron chi connectivity index (χ1n) is 9.97. The van der Waals surface area contributed by atoms with Gasteiger partial charge in [0, 0.05) is 17.3 Å². The Morgan fingerprint density at radius 1 is 1.07 bits per heavy atom. The summed E-state index contributed by atoms with van der Waals surface area (Å²) >= 11 is 0. The molecule has 1 atom stereocenters. The van der Waals surface area contributed by atoms with E-state index in [2.05, 4.69) is 11.9 Å². The molecule has 4 heteroatoms. The lowest BCUT2D eigenvalue weighted by atomic mass is 9.89. The van der Waals surface area contributed by atoms with Gasteiger partial charge in [0.25, 0.3) is 0 Å². The second kappa shape index (κ2) is 8.51. The molecule has 0 saturated carbocycles. The van der Waals surface area contributed by atoms with E-state index in [1.807, 2.05) is 37.3 Å². The fourth-order valence-electron chi connectivity index (χ4n) is 3.55. The van der Waals surface area contributed by atoms with Crippen molar-refractivity contribution in [2.45, 2.75) is 58.5 Å². The zero-order chi connectivity index (χ0) is 20.1. The summed E-state index contributed by atoms with van der Waals surface area (Å²) < 4.78 is 6.30. The largest absolute Gasteiger partial charge is 0.478 e. The molecule has 2 aromatic rings. The zero-order valence-corrected chi connectivity index (χ0v) is 16.8. The molecule has 0 aliphatic carbocycles. The van der Waals surface area contributed by atoms with E-state index in [4.69, 9.17) is 4.74 Å². The Labute approximate surface area is 166 Å². The van der Waals surface area contributed by atoms with Gasteiger partial charge in [0.05, 0.1) is 11.3 Å². The van der Waals surface area contributed by atoms with Crippen molar-refractivity contribution in [3.63, 3.8) is 0 Å². The summed E-state index contributed by atoms with van der Waals surface area (Å²) in [6.07, 6.45) is 6.70. The number of ketones is 2. The standard InChI is InChI=1S/C24H27NO3/c1-4-5-6-8-15-24(3)23(27)21(20-10-7-9-16-25-20)22(28-24)19-13-11-18(12-14-19)17(2)26/h7,9-14,16H,4-6,8,15H2,1-3H3. The Bertz CT molecular complexity index is 884. The maximum atomic E-state index is 13.4. The molecule has 1 unspecified atom stereocenters. The van der Waals surface area contributed by atoms with Crippen molar-refractivity contribution < 1.29 is 14.3 Å². The summed E-state index contributed by atoms with van der Waals surface area (Å²) in [7, 11) is 0. The van der Waals surface area contributed by atoms with Crippen molar-refractivity contribution in [3.8, 4) is 0 Å². The van der Waals surface area contributed by atoms with Gasteiger partial charge in [0.2, 0.25) is 5.78 Å². The van der Waals surface area contributed by atoms with Gasteiger partial charge in [0.1, 0.15) is 5.76 Å². The molecular weight excluding hydrogens is 350 g/mol. The van der Waals surface area contributed by atoms with E-state index in [0.29, 0.717) is 29.0 Å². The van der Waals surface area contributed by atoms with Gasteiger partial charge in [-0.3, -0.25) is 14.6 Å². The van der Waals surface area contributed by atoms with E-state index in [9.17, 15) is 9.59 Å². The molecule has 0 spiro atoms. The second-order valence-electron chi connectivity index (χ2n) is 7.53. The van der Waals surface area contributed by atoms with Crippen LogP contribution in [0.1, 0.15) is 74.5 Å². The molecule has 146 valence electrons. The van der Waals surface area contributed by atoms with Crippen molar-refractivity contribution in [1.29, 1.82) is 0 Å². The SMILES string of the molecule is CCCCCCC1(C)OC(c2ccc(C(C)=O)cc2)=C(c2ccccn2)C1=O. The second-order valence-corrected chi connectivity index (χ2v) is 7.53. The number of benzene rings is 1.